The van der Waals surface area contributed by atoms with Crippen molar-refractivity contribution in [3.05, 3.63) is 98.0 Å². The molecule has 6 aliphatic carbocycles. The highest BCUT2D eigenvalue weighted by molar-refractivity contribution is 6.02. The number of anilines is 2. The first-order chi connectivity index (χ1) is 42.3. The third-order valence-corrected chi connectivity index (χ3v) is 22.3. The van der Waals surface area contributed by atoms with E-state index >= 15 is 8.78 Å². The Labute approximate surface area is 506 Å². The van der Waals surface area contributed by atoms with Gasteiger partial charge in [0.1, 0.15) is 34.7 Å². The maximum absolute atomic E-state index is 16.9. The van der Waals surface area contributed by atoms with Gasteiger partial charge in [-0.1, -0.05) is 25.5 Å². The standard InChI is InChI=1S/C66H75F2N6O14/c1-64-18-15-39(75)23-36(64)9-14-40-45-16-19-66(83,65(45,2)26-50(76)52(40)64)51(77)17-22-86-61(80)43-29-73(37-10-11-37)54-41(57(43)78)25-47(68)56(60(54)85-4)71-28-35-8-6-21-72(49(35)32-71)63(82)88-33-87-62(81)44-30-74(38-12-13-38)53-42(58(44)79)24-46(67)55(59(53)84-3)70-27-34-7-5-20-69-48(34)31-70/h15,17-18,23-25,29-30,34-35,37-38,40,45,48-50,52,69,76,83H,5-14,16,19-22,26-28,31-33H2,1-4H3/t34?,35?,40?,45?,48?,49?,50-,52?,64-,65-,66-/m0/s1. The molecule has 4 aromatic rings. The van der Waals surface area contributed by atoms with Crippen LogP contribution in [-0.4, -0.2) is 145 Å². The van der Waals surface area contributed by atoms with Crippen LogP contribution >= 0.6 is 0 Å². The molecule has 467 valence electrons. The second-order valence-electron chi connectivity index (χ2n) is 27.0. The van der Waals surface area contributed by atoms with Crippen molar-refractivity contribution in [1.82, 2.24) is 19.4 Å². The number of methoxy groups -OCH3 is 2. The number of esters is 2. The van der Waals surface area contributed by atoms with Gasteiger partial charge in [0, 0.05) is 80.0 Å². The number of aliphatic hydroxyl groups is 2. The van der Waals surface area contributed by atoms with Crippen molar-refractivity contribution < 1.29 is 66.7 Å². The van der Waals surface area contributed by atoms with Crippen molar-refractivity contribution in [2.24, 2.45) is 40.4 Å². The van der Waals surface area contributed by atoms with E-state index in [1.54, 1.807) is 26.2 Å². The van der Waals surface area contributed by atoms with Crippen LogP contribution < -0.4 is 35.4 Å². The van der Waals surface area contributed by atoms with E-state index in [4.69, 9.17) is 23.7 Å². The van der Waals surface area contributed by atoms with Gasteiger partial charge in [0.25, 0.3) is 0 Å². The first-order valence-corrected chi connectivity index (χ1v) is 31.4. The Hall–Kier alpha value is -7.17. The Kier molecular flexibility index (Phi) is 14.5. The summed E-state index contributed by atoms with van der Waals surface area (Å²) in [5.74, 6) is -4.02. The van der Waals surface area contributed by atoms with Gasteiger partial charge in [0.15, 0.2) is 34.7 Å². The largest absolute Gasteiger partial charge is 0.492 e. The molecule has 20 nitrogen and oxygen atoms in total. The predicted molar refractivity (Wildman–Crippen MR) is 317 cm³/mol. The first kappa shape index (κ1) is 58.5. The number of allylic oxidation sites excluding steroid dienone is 4. The van der Waals surface area contributed by atoms with Gasteiger partial charge in [-0.3, -0.25) is 19.2 Å². The Balaban J connectivity index is 0.643. The van der Waals surface area contributed by atoms with Gasteiger partial charge in [-0.25, -0.2) is 23.2 Å². The molecule has 88 heavy (non-hydrogen) atoms. The fourth-order valence-corrected chi connectivity index (χ4v) is 17.7. The minimum Gasteiger partial charge on any atom is -0.492 e. The Bertz CT molecular complexity index is 3800. The number of benzene rings is 2. The molecular formula is C66H75F2N6O14. The van der Waals surface area contributed by atoms with Gasteiger partial charge in [0.05, 0.1) is 54.6 Å². The van der Waals surface area contributed by atoms with Crippen LogP contribution in [0.2, 0.25) is 0 Å². The molecule has 5 saturated carbocycles. The van der Waals surface area contributed by atoms with Gasteiger partial charge in [-0.2, -0.15) is 0 Å². The lowest BCUT2D eigenvalue weighted by molar-refractivity contribution is -0.174. The third kappa shape index (κ3) is 9.28. The van der Waals surface area contributed by atoms with Crippen LogP contribution in [0.3, 0.4) is 0 Å². The second kappa shape index (κ2) is 21.8. The molecule has 14 rings (SSSR count). The Morgan fingerprint density at radius 2 is 1.38 bits per heavy atom. The number of piperidine rings is 2. The smallest absolute Gasteiger partial charge is 0.412 e. The summed E-state index contributed by atoms with van der Waals surface area (Å²) in [6, 6.07) is 1.78. The highest BCUT2D eigenvalue weighted by atomic mass is 19.1. The summed E-state index contributed by atoms with van der Waals surface area (Å²) < 4.78 is 65.2. The number of halogens is 2. The lowest BCUT2D eigenvalue weighted by atomic mass is 9.46. The number of hydrogen-bond acceptors (Lipinski definition) is 17. The van der Waals surface area contributed by atoms with Gasteiger partial charge < -0.3 is 63.0 Å². The van der Waals surface area contributed by atoms with E-state index in [0.717, 1.165) is 50.3 Å². The van der Waals surface area contributed by atoms with Crippen LogP contribution in [0.5, 0.6) is 11.5 Å². The molecule has 2 aromatic heterocycles. The summed E-state index contributed by atoms with van der Waals surface area (Å²) in [7, 11) is 2.82. The number of pyridine rings is 2. The molecule has 7 unspecified atom stereocenters. The molecule has 1 radical (unpaired) electrons. The van der Waals surface area contributed by atoms with Crippen LogP contribution in [0.15, 0.2) is 57.9 Å². The summed E-state index contributed by atoms with van der Waals surface area (Å²) in [6.45, 7) is 5.42. The van der Waals surface area contributed by atoms with E-state index in [-0.39, 0.29) is 117 Å². The van der Waals surface area contributed by atoms with Crippen molar-refractivity contribution in [3.8, 4) is 11.5 Å². The predicted octanol–water partition coefficient (Wildman–Crippen LogP) is 7.26. The SMILES string of the molecule is COc1c(N2CC3CCCNC3C2)c(F)cc2c(=O)c(C(=O)OCOC(=O)N3CCCC4CN(c5c(F)cc6c(=O)c(C(=O)OC[CH]C(=O)[C@@]7(O)CCC8C9CCC%10=CC(=O)C=C[C@]%10(C)C9[C@@H](O)C[C@@]87C)cn(C7CC7)c6c5OC)CC43)cn(C3CC3)c12. The fourth-order valence-electron chi connectivity index (χ4n) is 17.7. The summed E-state index contributed by atoms with van der Waals surface area (Å²) in [5.41, 5.74) is -3.63. The number of carbonyl (C=O) groups excluding carboxylic acids is 5. The van der Waals surface area contributed by atoms with Crippen LogP contribution in [-0.2, 0) is 23.8 Å². The van der Waals surface area contributed by atoms with Crippen LogP contribution in [0.4, 0.5) is 25.0 Å². The molecule has 4 saturated heterocycles. The van der Waals surface area contributed by atoms with Crippen molar-refractivity contribution >= 4 is 62.8 Å². The molecular weight excluding hydrogens is 1140 g/mol. The monoisotopic (exact) mass is 1210 g/mol. The van der Waals surface area contributed by atoms with E-state index in [0.29, 0.717) is 82.6 Å². The Morgan fingerprint density at radius 3 is 2.00 bits per heavy atom. The lowest BCUT2D eigenvalue weighted by Crippen LogP contribution is -2.61. The molecule has 11 atom stereocenters. The number of nitrogens with zero attached hydrogens (tertiary/aromatic N) is 5. The van der Waals surface area contributed by atoms with Crippen LogP contribution in [0.1, 0.15) is 130 Å². The lowest BCUT2D eigenvalue weighted by Gasteiger charge is -2.59. The molecule has 0 spiro atoms. The van der Waals surface area contributed by atoms with E-state index in [9.17, 15) is 43.8 Å². The van der Waals surface area contributed by atoms with Crippen LogP contribution in [0, 0.1) is 58.5 Å². The highest BCUT2D eigenvalue weighted by Gasteiger charge is 2.68. The summed E-state index contributed by atoms with van der Waals surface area (Å²) in [5, 5.41) is 27.5. The van der Waals surface area contributed by atoms with E-state index in [1.165, 1.54) is 37.6 Å². The second-order valence-corrected chi connectivity index (χ2v) is 27.0. The van der Waals surface area contributed by atoms with Gasteiger partial charge in [-0.15, -0.1) is 0 Å². The summed E-state index contributed by atoms with van der Waals surface area (Å²) >= 11 is 0. The zero-order valence-corrected chi connectivity index (χ0v) is 50.0. The quantitative estimate of drug-likeness (QED) is 0.0832. The zero-order valence-electron chi connectivity index (χ0n) is 50.0. The van der Waals surface area contributed by atoms with Crippen LogP contribution in [0.25, 0.3) is 21.8 Å². The molecule has 6 heterocycles. The molecule has 0 bridgehead atoms. The molecule has 1 amide bonds. The van der Waals surface area contributed by atoms with Crippen molar-refractivity contribution in [2.75, 3.05) is 76.7 Å². The number of ether oxygens (including phenoxy) is 5. The normalized spacial score (nSPS) is 31.4. The van der Waals surface area contributed by atoms with Gasteiger partial charge >= 0.3 is 18.0 Å². The Morgan fingerprint density at radius 1 is 0.761 bits per heavy atom. The molecule has 2 aromatic carbocycles. The fraction of sp³-hybridized carbons (Fsp3) is 0.576. The average Bonchev–Trinajstić information content (AvgIpc) is 1.87. The number of carbonyl (C=O) groups is 5. The zero-order chi connectivity index (χ0) is 61.5. The molecule has 22 heteroatoms. The maximum atomic E-state index is 16.9. The average molecular weight is 1210 g/mol. The molecule has 9 fully saturated rings. The van der Waals surface area contributed by atoms with Crippen molar-refractivity contribution in [3.63, 3.8) is 0 Å². The van der Waals surface area contributed by atoms with E-state index in [1.807, 2.05) is 17.9 Å². The number of aliphatic hydroxyl groups excluding tert-OH is 1. The van der Waals surface area contributed by atoms with Gasteiger partial charge in [0.2, 0.25) is 17.7 Å². The van der Waals surface area contributed by atoms with Crippen molar-refractivity contribution in [1.29, 1.82) is 0 Å². The van der Waals surface area contributed by atoms with Gasteiger partial charge in [-0.05, 0) is 138 Å². The number of amides is 1. The summed E-state index contributed by atoms with van der Waals surface area (Å²) in [6.07, 6.45) is 16.0. The van der Waals surface area contributed by atoms with E-state index in [2.05, 4.69) is 12.2 Å². The van der Waals surface area contributed by atoms with Crippen molar-refractivity contribution in [2.45, 2.75) is 133 Å². The number of fused-ring (bicyclic) bond motifs is 9. The third-order valence-electron chi connectivity index (χ3n) is 22.3. The number of ketones is 2. The molecule has 4 aliphatic heterocycles. The van der Waals surface area contributed by atoms with E-state index < -0.39 is 88.3 Å². The molecule has 10 aliphatic rings. The highest BCUT2D eigenvalue weighted by Crippen LogP contribution is 2.67. The molecule has 3 N–H and O–H groups in total. The number of hydrogen-bond donors (Lipinski definition) is 3. The summed E-state index contributed by atoms with van der Waals surface area (Å²) in [4.78, 5) is 102. The number of Topliss-reactive ketones (excluding diaryl/α,β-unsaturated/α-hetero) is 1. The number of rotatable bonds is 14. The number of aromatic nitrogens is 2. The maximum Gasteiger partial charge on any atom is 0.412 e. The number of nitrogens with one attached hydrogen (secondary N) is 1. The minimum atomic E-state index is -1.86. The topological polar surface area (TPSA) is 238 Å². The minimum absolute atomic E-state index is 0.0110. The number of likely N-dealkylation sites (tertiary alicyclic amines) is 1. The first-order valence-electron chi connectivity index (χ1n) is 31.4.